The third-order valence-electron chi connectivity index (χ3n) is 9.01. The Hall–Kier alpha value is -0.120. The molecule has 4 saturated carbocycles. The number of hydrogen-bond donors (Lipinski definition) is 1. The molecule has 0 aromatic rings. The Morgan fingerprint density at radius 1 is 0.739 bits per heavy atom. The minimum Gasteiger partial charge on any atom is -0.365 e. The van der Waals surface area contributed by atoms with Crippen molar-refractivity contribution in [3.8, 4) is 0 Å². The lowest BCUT2D eigenvalue weighted by molar-refractivity contribution is -0.565. The first-order valence-electron chi connectivity index (χ1n) is 10.3. The fraction of sp³-hybridized carbons (Fsp3) is 1.00. The maximum Gasteiger partial charge on any atom is 0.180 e. The monoisotopic (exact) mass is 318 g/mol. The van der Waals surface area contributed by atoms with Crippen molar-refractivity contribution in [2.45, 2.75) is 101 Å². The van der Waals surface area contributed by atoms with Crippen molar-refractivity contribution in [1.29, 1.82) is 0 Å². The molecule has 3 heterocycles. The highest BCUT2D eigenvalue weighted by Gasteiger charge is 2.82. The van der Waals surface area contributed by atoms with Gasteiger partial charge in [-0.1, -0.05) is 25.7 Å². The van der Waals surface area contributed by atoms with E-state index < -0.39 is 11.6 Å². The molecule has 3 spiro atoms. The molecule has 7 atom stereocenters. The number of aliphatic hydroxyl groups is 1. The number of rotatable bonds is 0. The predicted molar refractivity (Wildman–Crippen MR) is 85.5 cm³/mol. The molecule has 0 aromatic heterocycles. The van der Waals surface area contributed by atoms with Gasteiger partial charge in [0.15, 0.2) is 11.6 Å². The molecule has 3 saturated heterocycles. The first-order valence-corrected chi connectivity index (χ1v) is 10.3. The van der Waals surface area contributed by atoms with Crippen molar-refractivity contribution in [3.05, 3.63) is 0 Å². The van der Waals surface area contributed by atoms with Gasteiger partial charge in [-0.2, -0.15) is 0 Å². The quantitative estimate of drug-likeness (QED) is 0.730. The highest BCUT2D eigenvalue weighted by molar-refractivity contribution is 5.25. The van der Waals surface area contributed by atoms with E-state index in [1.54, 1.807) is 0 Å². The molecule has 7 unspecified atom stereocenters. The second-order valence-electron chi connectivity index (χ2n) is 9.60. The Kier molecular flexibility index (Phi) is 2.55. The summed E-state index contributed by atoms with van der Waals surface area (Å²) in [5, 5.41) is 11.9. The maximum atomic E-state index is 11.9. The van der Waals surface area contributed by atoms with Crippen LogP contribution in [-0.4, -0.2) is 22.3 Å². The van der Waals surface area contributed by atoms with Crippen LogP contribution in [0.4, 0.5) is 0 Å². The molecule has 0 radical (unpaired) electrons. The van der Waals surface area contributed by atoms with Crippen molar-refractivity contribution in [1.82, 2.24) is 0 Å². The minimum atomic E-state index is -0.884. The van der Waals surface area contributed by atoms with Gasteiger partial charge in [0.1, 0.15) is 0 Å². The Morgan fingerprint density at radius 3 is 2.43 bits per heavy atom. The summed E-state index contributed by atoms with van der Waals surface area (Å²) in [5.74, 6) is 0.231. The zero-order chi connectivity index (χ0) is 15.3. The molecule has 23 heavy (non-hydrogen) atoms. The topological polar surface area (TPSA) is 38.7 Å². The first-order chi connectivity index (χ1) is 11.1. The van der Waals surface area contributed by atoms with Crippen LogP contribution in [0.15, 0.2) is 0 Å². The van der Waals surface area contributed by atoms with E-state index in [0.29, 0.717) is 17.8 Å². The SMILES string of the molecule is OC12OC34CCCCC3CC13CCCC2CC1CCCCC13O4. The zero-order valence-corrected chi connectivity index (χ0v) is 14.2. The van der Waals surface area contributed by atoms with Crippen LogP contribution < -0.4 is 0 Å². The van der Waals surface area contributed by atoms with Gasteiger partial charge in [0.25, 0.3) is 0 Å². The second kappa shape index (κ2) is 4.16. The molecule has 3 nitrogen and oxygen atoms in total. The third kappa shape index (κ3) is 1.36. The molecule has 5 bridgehead atoms. The molecule has 1 N–H and O–H groups in total. The molecular weight excluding hydrogens is 288 g/mol. The summed E-state index contributed by atoms with van der Waals surface area (Å²) in [7, 11) is 0. The lowest BCUT2D eigenvalue weighted by Gasteiger charge is -2.79. The highest BCUT2D eigenvalue weighted by atomic mass is 16.8. The van der Waals surface area contributed by atoms with Gasteiger partial charge in [-0.15, -0.1) is 0 Å². The average Bonchev–Trinajstić information content (AvgIpc) is 2.52. The summed E-state index contributed by atoms with van der Waals surface area (Å²) in [6.45, 7) is 0. The van der Waals surface area contributed by atoms with Crippen molar-refractivity contribution in [3.63, 3.8) is 0 Å². The maximum absolute atomic E-state index is 11.9. The lowest BCUT2D eigenvalue weighted by Crippen LogP contribution is -2.85. The lowest BCUT2D eigenvalue weighted by atomic mass is 9.40. The van der Waals surface area contributed by atoms with E-state index in [9.17, 15) is 5.11 Å². The van der Waals surface area contributed by atoms with Crippen LogP contribution >= 0.6 is 0 Å². The van der Waals surface area contributed by atoms with E-state index in [-0.39, 0.29) is 11.0 Å². The fourth-order valence-corrected chi connectivity index (χ4v) is 8.27. The van der Waals surface area contributed by atoms with E-state index in [1.165, 1.54) is 57.8 Å². The van der Waals surface area contributed by atoms with Crippen LogP contribution in [-0.2, 0) is 9.47 Å². The van der Waals surface area contributed by atoms with E-state index >= 15 is 0 Å². The zero-order valence-electron chi connectivity index (χ0n) is 14.2. The van der Waals surface area contributed by atoms with E-state index in [2.05, 4.69) is 0 Å². The third-order valence-corrected chi connectivity index (χ3v) is 9.01. The summed E-state index contributed by atoms with van der Waals surface area (Å²) in [5.41, 5.74) is -0.168. The highest BCUT2D eigenvalue weighted by Crippen LogP contribution is 2.77. The molecule has 128 valence electrons. The van der Waals surface area contributed by atoms with Gasteiger partial charge >= 0.3 is 0 Å². The van der Waals surface area contributed by atoms with Crippen molar-refractivity contribution in [2.75, 3.05) is 0 Å². The van der Waals surface area contributed by atoms with Gasteiger partial charge in [-0.05, 0) is 57.3 Å². The standard InChI is InChI=1S/C20H30O3/c21-20-15-8-5-9-17(20)13-16-7-2-4-11-19(16,23-20)22-18(17)10-3-1-6-14(18)12-15/h14-16,21H,1-13H2. The molecule has 7 fully saturated rings. The fourth-order valence-electron chi connectivity index (χ4n) is 8.27. The van der Waals surface area contributed by atoms with Crippen molar-refractivity contribution in [2.24, 2.45) is 23.2 Å². The molecule has 0 aromatic carbocycles. The number of ether oxygens (including phenoxy) is 2. The van der Waals surface area contributed by atoms with Crippen LogP contribution in [0.25, 0.3) is 0 Å². The Balaban J connectivity index is 1.58. The van der Waals surface area contributed by atoms with E-state index in [0.717, 1.165) is 25.7 Å². The first kappa shape index (κ1) is 14.1. The Morgan fingerprint density at radius 2 is 1.52 bits per heavy atom. The van der Waals surface area contributed by atoms with Gasteiger partial charge < -0.3 is 14.6 Å². The van der Waals surface area contributed by atoms with Crippen LogP contribution in [0.3, 0.4) is 0 Å². The van der Waals surface area contributed by atoms with Gasteiger partial charge in [0.05, 0.1) is 11.0 Å². The summed E-state index contributed by atoms with van der Waals surface area (Å²) in [4.78, 5) is 0. The van der Waals surface area contributed by atoms with E-state index in [4.69, 9.17) is 9.47 Å². The van der Waals surface area contributed by atoms with Crippen molar-refractivity contribution < 1.29 is 14.6 Å². The minimum absolute atomic E-state index is 0.0665. The van der Waals surface area contributed by atoms with Crippen molar-refractivity contribution >= 4 is 0 Å². The summed E-state index contributed by atoms with van der Waals surface area (Å²) in [6.07, 6.45) is 15.7. The molecule has 0 amide bonds. The van der Waals surface area contributed by atoms with Crippen LogP contribution in [0.1, 0.15) is 83.5 Å². The summed E-state index contributed by atoms with van der Waals surface area (Å²) in [6, 6.07) is 0. The van der Waals surface area contributed by atoms with Gasteiger partial charge in [0, 0.05) is 18.3 Å². The average molecular weight is 318 g/mol. The van der Waals surface area contributed by atoms with Gasteiger partial charge in [-0.3, -0.25) is 0 Å². The van der Waals surface area contributed by atoms with E-state index in [1.807, 2.05) is 0 Å². The molecule has 4 aliphatic carbocycles. The summed E-state index contributed by atoms with van der Waals surface area (Å²) < 4.78 is 13.8. The second-order valence-corrected chi connectivity index (χ2v) is 9.60. The van der Waals surface area contributed by atoms with Crippen LogP contribution in [0.5, 0.6) is 0 Å². The normalized spacial score (nSPS) is 63.3. The predicted octanol–water partition coefficient (Wildman–Crippen LogP) is 4.13. The van der Waals surface area contributed by atoms with Gasteiger partial charge in [0.2, 0.25) is 0 Å². The molecular formula is C20H30O3. The van der Waals surface area contributed by atoms with Gasteiger partial charge in [-0.25, -0.2) is 0 Å². The van der Waals surface area contributed by atoms with Crippen LogP contribution in [0.2, 0.25) is 0 Å². The number of hydrogen-bond acceptors (Lipinski definition) is 3. The molecule has 3 heteroatoms. The summed E-state index contributed by atoms with van der Waals surface area (Å²) >= 11 is 0. The Labute approximate surface area is 139 Å². The largest absolute Gasteiger partial charge is 0.365 e. The molecule has 7 aliphatic rings. The Bertz CT molecular complexity index is 549. The smallest absolute Gasteiger partial charge is 0.180 e. The molecule has 7 rings (SSSR count). The van der Waals surface area contributed by atoms with Crippen LogP contribution in [0, 0.1) is 23.2 Å². The molecule has 3 aliphatic heterocycles.